The van der Waals surface area contributed by atoms with Crippen molar-refractivity contribution < 1.29 is 5.11 Å². The largest absolute Gasteiger partial charge is 0.508 e. The number of phenols is 1. The molecule has 0 spiro atoms. The van der Waals surface area contributed by atoms with E-state index >= 15 is 0 Å². The average molecular weight is 182 g/mol. The lowest BCUT2D eigenvalue weighted by molar-refractivity contribution is 0.467. The minimum absolute atomic E-state index is 0.0801. The minimum Gasteiger partial charge on any atom is -0.508 e. The van der Waals surface area contributed by atoms with Gasteiger partial charge in [-0.25, -0.2) is 0 Å². The monoisotopic (exact) mass is 181 g/mol. The van der Waals surface area contributed by atoms with Crippen LogP contribution in [0, 0.1) is 11.3 Å². The highest BCUT2D eigenvalue weighted by Crippen LogP contribution is 2.31. The first kappa shape index (κ1) is 8.89. The molecule has 2 nitrogen and oxygen atoms in total. The SMILES string of the molecule is CC(C#N)c1c(O)cccc1Cl. The van der Waals surface area contributed by atoms with Gasteiger partial charge >= 0.3 is 0 Å². The van der Waals surface area contributed by atoms with Gasteiger partial charge in [0, 0.05) is 10.6 Å². The molecule has 1 atom stereocenters. The Bertz CT molecular complexity index is 310. The zero-order valence-electron chi connectivity index (χ0n) is 6.58. The molecule has 0 aliphatic rings. The second-order valence-electron chi connectivity index (χ2n) is 2.52. The van der Waals surface area contributed by atoms with Crippen LogP contribution in [-0.2, 0) is 0 Å². The highest BCUT2D eigenvalue weighted by atomic mass is 35.5. The Hall–Kier alpha value is -1.20. The molecule has 0 aliphatic heterocycles. The van der Waals surface area contributed by atoms with Gasteiger partial charge in [-0.3, -0.25) is 0 Å². The van der Waals surface area contributed by atoms with Crippen molar-refractivity contribution in [1.82, 2.24) is 0 Å². The van der Waals surface area contributed by atoms with Crippen molar-refractivity contribution >= 4 is 11.6 Å². The van der Waals surface area contributed by atoms with E-state index in [1.54, 1.807) is 19.1 Å². The van der Waals surface area contributed by atoms with Crippen molar-refractivity contribution in [2.75, 3.05) is 0 Å². The number of hydrogen-bond donors (Lipinski definition) is 1. The summed E-state index contributed by atoms with van der Waals surface area (Å²) >= 11 is 5.79. The second kappa shape index (κ2) is 3.46. The molecule has 0 aromatic heterocycles. The van der Waals surface area contributed by atoms with Crippen molar-refractivity contribution in [3.63, 3.8) is 0 Å². The van der Waals surface area contributed by atoms with E-state index in [0.29, 0.717) is 10.6 Å². The molecule has 0 amide bonds. The van der Waals surface area contributed by atoms with Crippen LogP contribution in [0.2, 0.25) is 5.02 Å². The smallest absolute Gasteiger partial charge is 0.121 e. The third-order valence-electron chi connectivity index (χ3n) is 1.66. The van der Waals surface area contributed by atoms with Gasteiger partial charge in [0.1, 0.15) is 5.75 Å². The molecule has 1 N–H and O–H groups in total. The Morgan fingerprint density at radius 1 is 1.58 bits per heavy atom. The molecule has 1 unspecified atom stereocenters. The van der Waals surface area contributed by atoms with E-state index in [1.807, 2.05) is 6.07 Å². The maximum absolute atomic E-state index is 9.36. The van der Waals surface area contributed by atoms with E-state index in [9.17, 15) is 5.11 Å². The van der Waals surface area contributed by atoms with Gasteiger partial charge in [-0.1, -0.05) is 17.7 Å². The maximum Gasteiger partial charge on any atom is 0.121 e. The van der Waals surface area contributed by atoms with Gasteiger partial charge in [0.05, 0.1) is 12.0 Å². The van der Waals surface area contributed by atoms with Gasteiger partial charge in [-0.05, 0) is 19.1 Å². The summed E-state index contributed by atoms with van der Waals surface area (Å²) in [4.78, 5) is 0. The van der Waals surface area contributed by atoms with Crippen molar-refractivity contribution in [3.8, 4) is 11.8 Å². The number of hydrogen-bond acceptors (Lipinski definition) is 2. The van der Waals surface area contributed by atoms with Gasteiger partial charge in [0.15, 0.2) is 0 Å². The van der Waals surface area contributed by atoms with Crippen LogP contribution < -0.4 is 0 Å². The van der Waals surface area contributed by atoms with Crippen molar-refractivity contribution in [2.45, 2.75) is 12.8 Å². The van der Waals surface area contributed by atoms with E-state index < -0.39 is 0 Å². The molecular weight excluding hydrogens is 174 g/mol. The molecule has 0 radical (unpaired) electrons. The second-order valence-corrected chi connectivity index (χ2v) is 2.93. The predicted molar refractivity (Wildman–Crippen MR) is 47.1 cm³/mol. The quantitative estimate of drug-likeness (QED) is 0.724. The lowest BCUT2D eigenvalue weighted by atomic mass is 10.0. The molecule has 0 fully saturated rings. The molecule has 62 valence electrons. The van der Waals surface area contributed by atoms with Crippen LogP contribution in [0.5, 0.6) is 5.75 Å². The Labute approximate surface area is 76.0 Å². The molecule has 0 aliphatic carbocycles. The van der Waals surface area contributed by atoms with E-state index in [2.05, 4.69) is 0 Å². The van der Waals surface area contributed by atoms with Gasteiger partial charge in [0.2, 0.25) is 0 Å². The summed E-state index contributed by atoms with van der Waals surface area (Å²) in [5.41, 5.74) is 0.502. The number of nitrogens with zero attached hydrogens (tertiary/aromatic N) is 1. The van der Waals surface area contributed by atoms with Crippen molar-refractivity contribution in [3.05, 3.63) is 28.8 Å². The first-order valence-corrected chi connectivity index (χ1v) is 3.91. The molecular formula is C9H8ClNO. The summed E-state index contributed by atoms with van der Waals surface area (Å²) < 4.78 is 0. The summed E-state index contributed by atoms with van der Waals surface area (Å²) in [5, 5.41) is 18.4. The fraction of sp³-hybridized carbons (Fsp3) is 0.222. The van der Waals surface area contributed by atoms with Crippen LogP contribution in [0.4, 0.5) is 0 Å². The van der Waals surface area contributed by atoms with E-state index in [4.69, 9.17) is 16.9 Å². The lowest BCUT2D eigenvalue weighted by Crippen LogP contribution is -1.91. The zero-order valence-corrected chi connectivity index (χ0v) is 7.34. The van der Waals surface area contributed by atoms with Crippen molar-refractivity contribution in [1.29, 1.82) is 5.26 Å². The number of halogens is 1. The Balaban J connectivity index is 3.23. The standard InChI is InChI=1S/C9H8ClNO/c1-6(5-11)9-7(10)3-2-4-8(9)12/h2-4,6,12H,1H3. The van der Waals surface area contributed by atoms with E-state index in [0.717, 1.165) is 0 Å². The van der Waals surface area contributed by atoms with Crippen LogP contribution in [0.25, 0.3) is 0 Å². The molecule has 1 aromatic carbocycles. The summed E-state index contributed by atoms with van der Waals surface area (Å²) in [6.07, 6.45) is 0. The molecule has 0 bridgehead atoms. The van der Waals surface area contributed by atoms with Crippen LogP contribution in [0.3, 0.4) is 0 Å². The highest BCUT2D eigenvalue weighted by molar-refractivity contribution is 6.31. The van der Waals surface area contributed by atoms with E-state index in [-0.39, 0.29) is 11.7 Å². The number of rotatable bonds is 1. The molecule has 12 heavy (non-hydrogen) atoms. The third kappa shape index (κ3) is 1.51. The van der Waals surface area contributed by atoms with Gasteiger partial charge in [-0.2, -0.15) is 5.26 Å². The number of phenolic OH excluding ortho intramolecular Hbond substituents is 1. The number of benzene rings is 1. The van der Waals surface area contributed by atoms with Gasteiger partial charge in [0.25, 0.3) is 0 Å². The van der Waals surface area contributed by atoms with Crippen LogP contribution in [0.15, 0.2) is 18.2 Å². The predicted octanol–water partition coefficient (Wildman–Crippen LogP) is 2.67. The maximum atomic E-state index is 9.36. The molecule has 0 saturated heterocycles. The highest BCUT2D eigenvalue weighted by Gasteiger charge is 2.12. The lowest BCUT2D eigenvalue weighted by Gasteiger charge is -2.07. The molecule has 1 rings (SSSR count). The summed E-state index contributed by atoms with van der Waals surface area (Å²) in [6.45, 7) is 1.70. The molecule has 3 heteroatoms. The summed E-state index contributed by atoms with van der Waals surface area (Å²) in [5.74, 6) is -0.296. The molecule has 0 saturated carbocycles. The third-order valence-corrected chi connectivity index (χ3v) is 1.99. The number of aromatic hydroxyl groups is 1. The molecule has 1 aromatic rings. The average Bonchev–Trinajstić information content (AvgIpc) is 2.03. The normalized spacial score (nSPS) is 12.1. The minimum atomic E-state index is -0.376. The van der Waals surface area contributed by atoms with Gasteiger partial charge < -0.3 is 5.11 Å². The molecule has 0 heterocycles. The Morgan fingerprint density at radius 3 is 2.75 bits per heavy atom. The zero-order chi connectivity index (χ0) is 9.14. The fourth-order valence-corrected chi connectivity index (χ4v) is 1.35. The van der Waals surface area contributed by atoms with E-state index in [1.165, 1.54) is 6.07 Å². The Morgan fingerprint density at radius 2 is 2.25 bits per heavy atom. The first-order chi connectivity index (χ1) is 5.66. The van der Waals surface area contributed by atoms with Gasteiger partial charge in [-0.15, -0.1) is 0 Å². The fourth-order valence-electron chi connectivity index (χ4n) is 1.02. The summed E-state index contributed by atoms with van der Waals surface area (Å²) in [7, 11) is 0. The Kier molecular flexibility index (Phi) is 2.57. The van der Waals surface area contributed by atoms with Crippen molar-refractivity contribution in [2.24, 2.45) is 0 Å². The van der Waals surface area contributed by atoms with Crippen LogP contribution >= 0.6 is 11.6 Å². The van der Waals surface area contributed by atoms with Crippen LogP contribution in [-0.4, -0.2) is 5.11 Å². The topological polar surface area (TPSA) is 44.0 Å². The first-order valence-electron chi connectivity index (χ1n) is 3.53. The summed E-state index contributed by atoms with van der Waals surface area (Å²) in [6, 6.07) is 6.84. The van der Waals surface area contributed by atoms with Crippen LogP contribution in [0.1, 0.15) is 18.4 Å². The number of nitriles is 1.